The monoisotopic (exact) mass is 193 g/mol. The first-order chi connectivity index (χ1) is 6.79. The summed E-state index contributed by atoms with van der Waals surface area (Å²) in [4.78, 5) is 13.5. The van der Waals surface area contributed by atoms with Crippen molar-refractivity contribution in [2.45, 2.75) is 12.8 Å². The summed E-state index contributed by atoms with van der Waals surface area (Å²) in [5, 5.41) is 0. The van der Waals surface area contributed by atoms with Gasteiger partial charge >= 0.3 is 0 Å². The first kappa shape index (κ1) is 9.19. The highest BCUT2D eigenvalue weighted by molar-refractivity contribution is 5.94. The molecule has 0 N–H and O–H groups in total. The van der Waals surface area contributed by atoms with Gasteiger partial charge in [-0.25, -0.2) is 4.39 Å². The third-order valence-electron chi connectivity index (χ3n) is 2.50. The van der Waals surface area contributed by atoms with Crippen molar-refractivity contribution in [3.05, 3.63) is 35.6 Å². The summed E-state index contributed by atoms with van der Waals surface area (Å²) in [6.45, 7) is 1.51. The average molecular weight is 193 g/mol. The number of halogens is 1. The molecule has 2 nitrogen and oxygen atoms in total. The van der Waals surface area contributed by atoms with E-state index >= 15 is 0 Å². The van der Waals surface area contributed by atoms with Gasteiger partial charge in [-0.1, -0.05) is 12.1 Å². The van der Waals surface area contributed by atoms with E-state index in [0.29, 0.717) is 0 Å². The predicted octanol–water partition coefficient (Wildman–Crippen LogP) is 2.06. The number of carbonyl (C=O) groups excluding carboxylic acids is 1. The van der Waals surface area contributed by atoms with E-state index in [1.54, 1.807) is 17.0 Å². The molecular formula is C11H12FNO. The summed E-state index contributed by atoms with van der Waals surface area (Å²) in [5.41, 5.74) is 0.189. The maximum atomic E-state index is 13.2. The fraction of sp³-hybridized carbons (Fsp3) is 0.364. The Morgan fingerprint density at radius 3 is 2.50 bits per heavy atom. The first-order valence-corrected chi connectivity index (χ1v) is 4.83. The van der Waals surface area contributed by atoms with Crippen LogP contribution in [-0.2, 0) is 0 Å². The molecule has 0 atom stereocenters. The van der Waals surface area contributed by atoms with Crippen LogP contribution in [0.2, 0.25) is 0 Å². The van der Waals surface area contributed by atoms with Crippen LogP contribution in [0.3, 0.4) is 0 Å². The lowest BCUT2D eigenvalue weighted by atomic mass is 10.2. The van der Waals surface area contributed by atoms with Crippen molar-refractivity contribution in [1.82, 2.24) is 4.90 Å². The normalized spacial score (nSPS) is 15.9. The van der Waals surface area contributed by atoms with Crippen LogP contribution < -0.4 is 0 Å². The maximum Gasteiger partial charge on any atom is 0.256 e. The molecule has 1 aliphatic rings. The van der Waals surface area contributed by atoms with E-state index in [2.05, 4.69) is 0 Å². The lowest BCUT2D eigenvalue weighted by molar-refractivity contribution is 0.0788. The summed E-state index contributed by atoms with van der Waals surface area (Å²) in [6, 6.07) is 6.14. The number of amides is 1. The standard InChI is InChI=1S/C11H12FNO/c12-10-6-2-1-5-9(10)11(14)13-7-3-4-8-13/h1-2,5-6H,3-4,7-8H2. The number of rotatable bonds is 1. The molecule has 0 unspecified atom stereocenters. The van der Waals surface area contributed by atoms with Crippen molar-refractivity contribution >= 4 is 5.91 Å². The smallest absolute Gasteiger partial charge is 0.256 e. The number of hydrogen-bond donors (Lipinski definition) is 0. The Kier molecular flexibility index (Phi) is 2.48. The van der Waals surface area contributed by atoms with Gasteiger partial charge in [0.15, 0.2) is 0 Å². The Morgan fingerprint density at radius 2 is 1.86 bits per heavy atom. The van der Waals surface area contributed by atoms with E-state index < -0.39 is 5.82 Å². The van der Waals surface area contributed by atoms with E-state index in [4.69, 9.17) is 0 Å². The van der Waals surface area contributed by atoms with Gasteiger partial charge in [0, 0.05) is 13.1 Å². The number of likely N-dealkylation sites (tertiary alicyclic amines) is 1. The number of hydrogen-bond acceptors (Lipinski definition) is 1. The van der Waals surface area contributed by atoms with Crippen LogP contribution in [0.25, 0.3) is 0 Å². The van der Waals surface area contributed by atoms with Crippen molar-refractivity contribution in [2.24, 2.45) is 0 Å². The quantitative estimate of drug-likeness (QED) is 0.668. The van der Waals surface area contributed by atoms with Gasteiger partial charge in [0.1, 0.15) is 5.82 Å². The molecule has 1 aliphatic heterocycles. The minimum absolute atomic E-state index is 0.180. The molecule has 3 heteroatoms. The molecule has 74 valence electrons. The zero-order valence-corrected chi connectivity index (χ0v) is 7.87. The number of benzene rings is 1. The van der Waals surface area contributed by atoms with E-state index in [9.17, 15) is 9.18 Å². The minimum atomic E-state index is -0.426. The second-order valence-electron chi connectivity index (χ2n) is 3.48. The molecule has 1 aromatic rings. The fourth-order valence-corrected chi connectivity index (χ4v) is 1.73. The van der Waals surface area contributed by atoms with Crippen molar-refractivity contribution in [3.8, 4) is 0 Å². The lowest BCUT2D eigenvalue weighted by Gasteiger charge is -2.15. The van der Waals surface area contributed by atoms with Crippen LogP contribution in [0, 0.1) is 5.82 Å². The molecule has 1 amide bonds. The van der Waals surface area contributed by atoms with Gasteiger partial charge in [0.25, 0.3) is 5.91 Å². The molecule has 1 aromatic carbocycles. The summed E-state index contributed by atoms with van der Waals surface area (Å²) in [5.74, 6) is -0.606. The van der Waals surface area contributed by atoms with E-state index in [1.807, 2.05) is 0 Å². The van der Waals surface area contributed by atoms with Gasteiger partial charge < -0.3 is 4.90 Å². The van der Waals surface area contributed by atoms with E-state index in [-0.39, 0.29) is 11.5 Å². The molecule has 0 radical (unpaired) electrons. The van der Waals surface area contributed by atoms with Crippen LogP contribution in [0.1, 0.15) is 23.2 Å². The van der Waals surface area contributed by atoms with Gasteiger partial charge in [-0.15, -0.1) is 0 Å². The van der Waals surface area contributed by atoms with Gasteiger partial charge in [-0.05, 0) is 25.0 Å². The van der Waals surface area contributed by atoms with Gasteiger partial charge in [-0.3, -0.25) is 4.79 Å². The van der Waals surface area contributed by atoms with Crippen LogP contribution in [0.4, 0.5) is 4.39 Å². The Labute approximate surface area is 82.3 Å². The second-order valence-corrected chi connectivity index (χ2v) is 3.48. The topological polar surface area (TPSA) is 20.3 Å². The lowest BCUT2D eigenvalue weighted by Crippen LogP contribution is -2.28. The minimum Gasteiger partial charge on any atom is -0.339 e. The molecule has 2 rings (SSSR count). The van der Waals surface area contributed by atoms with Gasteiger partial charge in [-0.2, -0.15) is 0 Å². The molecule has 1 fully saturated rings. The molecular weight excluding hydrogens is 181 g/mol. The zero-order valence-electron chi connectivity index (χ0n) is 7.87. The Morgan fingerprint density at radius 1 is 1.21 bits per heavy atom. The van der Waals surface area contributed by atoms with Crippen LogP contribution in [0.5, 0.6) is 0 Å². The highest BCUT2D eigenvalue weighted by atomic mass is 19.1. The number of nitrogens with zero attached hydrogens (tertiary/aromatic N) is 1. The highest BCUT2D eigenvalue weighted by Gasteiger charge is 2.21. The molecule has 0 aromatic heterocycles. The molecule has 1 saturated heterocycles. The second kappa shape index (κ2) is 3.78. The zero-order chi connectivity index (χ0) is 9.97. The summed E-state index contributed by atoms with van der Waals surface area (Å²) < 4.78 is 13.2. The van der Waals surface area contributed by atoms with Crippen molar-refractivity contribution in [3.63, 3.8) is 0 Å². The predicted molar refractivity (Wildman–Crippen MR) is 51.5 cm³/mol. The van der Waals surface area contributed by atoms with Crippen LogP contribution in [0.15, 0.2) is 24.3 Å². The Balaban J connectivity index is 2.22. The molecule has 0 saturated carbocycles. The Hall–Kier alpha value is -1.38. The number of carbonyl (C=O) groups is 1. The van der Waals surface area contributed by atoms with Gasteiger partial charge in [0.05, 0.1) is 5.56 Å². The molecule has 0 bridgehead atoms. The van der Waals surface area contributed by atoms with Crippen molar-refractivity contribution < 1.29 is 9.18 Å². The Bertz CT molecular complexity index is 345. The molecule has 14 heavy (non-hydrogen) atoms. The molecule has 1 heterocycles. The summed E-state index contributed by atoms with van der Waals surface area (Å²) >= 11 is 0. The molecule has 0 spiro atoms. The van der Waals surface area contributed by atoms with Crippen LogP contribution in [-0.4, -0.2) is 23.9 Å². The fourth-order valence-electron chi connectivity index (χ4n) is 1.73. The van der Waals surface area contributed by atoms with Gasteiger partial charge in [0.2, 0.25) is 0 Å². The van der Waals surface area contributed by atoms with E-state index in [1.165, 1.54) is 12.1 Å². The molecule has 0 aliphatic carbocycles. The third kappa shape index (κ3) is 1.62. The summed E-state index contributed by atoms with van der Waals surface area (Å²) in [7, 11) is 0. The highest BCUT2D eigenvalue weighted by Crippen LogP contribution is 2.14. The van der Waals surface area contributed by atoms with E-state index in [0.717, 1.165) is 25.9 Å². The van der Waals surface area contributed by atoms with Crippen LogP contribution >= 0.6 is 0 Å². The summed E-state index contributed by atoms with van der Waals surface area (Å²) in [6.07, 6.45) is 2.06. The van der Waals surface area contributed by atoms with Crippen molar-refractivity contribution in [2.75, 3.05) is 13.1 Å². The van der Waals surface area contributed by atoms with Crippen molar-refractivity contribution in [1.29, 1.82) is 0 Å². The maximum absolute atomic E-state index is 13.2. The first-order valence-electron chi connectivity index (χ1n) is 4.83. The SMILES string of the molecule is O=C(c1ccccc1F)N1CCCC1. The third-order valence-corrected chi connectivity index (χ3v) is 2.50. The average Bonchev–Trinajstić information content (AvgIpc) is 2.70. The largest absolute Gasteiger partial charge is 0.339 e.